The molecular formula is C20H21N3O2. The first kappa shape index (κ1) is 16.8. The summed E-state index contributed by atoms with van der Waals surface area (Å²) in [4.78, 5) is 8.70. The first-order valence-corrected chi connectivity index (χ1v) is 8.06. The Balaban J connectivity index is 1.81. The molecule has 1 atom stereocenters. The highest BCUT2D eigenvalue weighted by Gasteiger charge is 2.09. The molecule has 0 saturated carbocycles. The van der Waals surface area contributed by atoms with Crippen LogP contribution in [-0.4, -0.2) is 24.2 Å². The van der Waals surface area contributed by atoms with Crippen LogP contribution < -0.4 is 14.8 Å². The molecule has 128 valence electrons. The summed E-state index contributed by atoms with van der Waals surface area (Å²) < 4.78 is 10.6. The van der Waals surface area contributed by atoms with Gasteiger partial charge < -0.3 is 14.8 Å². The van der Waals surface area contributed by atoms with Gasteiger partial charge in [0, 0.05) is 11.6 Å². The number of anilines is 1. The zero-order valence-corrected chi connectivity index (χ0v) is 14.6. The average Bonchev–Trinajstić information content (AvgIpc) is 2.68. The maximum atomic E-state index is 5.29. The van der Waals surface area contributed by atoms with Gasteiger partial charge in [-0.05, 0) is 36.8 Å². The van der Waals surface area contributed by atoms with Crippen LogP contribution >= 0.6 is 0 Å². The van der Waals surface area contributed by atoms with E-state index in [4.69, 9.17) is 9.47 Å². The standard InChI is InChI=1S/C20H21N3O2/c1-14(15-6-4-8-17(10-15)24-2)23-20-12-19(21-13-22-20)16-7-5-9-18(11-16)25-3/h4-14H,1-3H3,(H,21,22,23)/t14-/m0/s1. The van der Waals surface area contributed by atoms with Crippen molar-refractivity contribution in [3.8, 4) is 22.8 Å². The lowest BCUT2D eigenvalue weighted by molar-refractivity contribution is 0.414. The maximum absolute atomic E-state index is 5.29. The molecule has 0 aliphatic rings. The third-order valence-corrected chi connectivity index (χ3v) is 3.99. The van der Waals surface area contributed by atoms with Gasteiger partial charge in [-0.3, -0.25) is 0 Å². The highest BCUT2D eigenvalue weighted by Crippen LogP contribution is 2.25. The Morgan fingerprint density at radius 3 is 2.36 bits per heavy atom. The van der Waals surface area contributed by atoms with Gasteiger partial charge in [-0.2, -0.15) is 0 Å². The first-order chi connectivity index (χ1) is 12.2. The van der Waals surface area contributed by atoms with Crippen LogP contribution in [-0.2, 0) is 0 Å². The molecule has 5 nitrogen and oxygen atoms in total. The molecule has 0 saturated heterocycles. The SMILES string of the molecule is COc1cccc(-c2cc(N[C@@H](C)c3cccc(OC)c3)ncn2)c1. The topological polar surface area (TPSA) is 56.3 Å². The number of hydrogen-bond acceptors (Lipinski definition) is 5. The summed E-state index contributed by atoms with van der Waals surface area (Å²) in [6.45, 7) is 2.09. The third-order valence-electron chi connectivity index (χ3n) is 3.99. The van der Waals surface area contributed by atoms with E-state index in [1.165, 1.54) is 0 Å². The number of rotatable bonds is 6. The highest BCUT2D eigenvalue weighted by molar-refractivity contribution is 5.64. The van der Waals surface area contributed by atoms with Crippen LogP contribution in [0.15, 0.2) is 60.9 Å². The largest absolute Gasteiger partial charge is 0.497 e. The van der Waals surface area contributed by atoms with Crippen LogP contribution in [0.3, 0.4) is 0 Å². The lowest BCUT2D eigenvalue weighted by atomic mass is 10.1. The summed E-state index contributed by atoms with van der Waals surface area (Å²) in [5, 5.41) is 3.41. The minimum atomic E-state index is 0.0863. The van der Waals surface area contributed by atoms with Crippen molar-refractivity contribution < 1.29 is 9.47 Å². The molecule has 0 aliphatic carbocycles. The van der Waals surface area contributed by atoms with E-state index in [2.05, 4.69) is 28.3 Å². The van der Waals surface area contributed by atoms with Gasteiger partial charge in [0.05, 0.1) is 26.0 Å². The number of nitrogens with one attached hydrogen (secondary N) is 1. The zero-order chi connectivity index (χ0) is 17.6. The Kier molecular flexibility index (Phi) is 5.14. The Morgan fingerprint density at radius 1 is 0.880 bits per heavy atom. The monoisotopic (exact) mass is 335 g/mol. The smallest absolute Gasteiger partial charge is 0.130 e. The molecule has 25 heavy (non-hydrogen) atoms. The normalized spacial score (nSPS) is 11.6. The van der Waals surface area contributed by atoms with E-state index in [9.17, 15) is 0 Å². The van der Waals surface area contributed by atoms with Crippen molar-refractivity contribution in [2.24, 2.45) is 0 Å². The third kappa shape index (κ3) is 4.07. The van der Waals surface area contributed by atoms with Crippen molar-refractivity contribution in [1.29, 1.82) is 0 Å². The molecule has 0 amide bonds. The Morgan fingerprint density at radius 2 is 1.60 bits per heavy atom. The summed E-state index contributed by atoms with van der Waals surface area (Å²) in [6.07, 6.45) is 1.56. The molecule has 0 radical (unpaired) electrons. The van der Waals surface area contributed by atoms with Crippen LogP contribution in [0.4, 0.5) is 5.82 Å². The van der Waals surface area contributed by atoms with Crippen LogP contribution in [0.5, 0.6) is 11.5 Å². The second-order valence-corrected chi connectivity index (χ2v) is 5.66. The predicted molar refractivity (Wildman–Crippen MR) is 99.1 cm³/mol. The van der Waals surface area contributed by atoms with E-state index < -0.39 is 0 Å². The molecule has 1 aromatic heterocycles. The van der Waals surface area contributed by atoms with Crippen LogP contribution in [0.1, 0.15) is 18.5 Å². The molecule has 2 aromatic carbocycles. The number of hydrogen-bond donors (Lipinski definition) is 1. The minimum absolute atomic E-state index is 0.0863. The summed E-state index contributed by atoms with van der Waals surface area (Å²) in [7, 11) is 3.32. The van der Waals surface area contributed by atoms with Gasteiger partial charge in [0.2, 0.25) is 0 Å². The van der Waals surface area contributed by atoms with Crippen molar-refractivity contribution in [3.05, 3.63) is 66.5 Å². The molecule has 0 fully saturated rings. The van der Waals surface area contributed by atoms with Gasteiger partial charge in [0.1, 0.15) is 23.6 Å². The van der Waals surface area contributed by atoms with Gasteiger partial charge >= 0.3 is 0 Å². The van der Waals surface area contributed by atoms with Crippen molar-refractivity contribution in [1.82, 2.24) is 9.97 Å². The van der Waals surface area contributed by atoms with Crippen LogP contribution in [0.2, 0.25) is 0 Å². The highest BCUT2D eigenvalue weighted by atomic mass is 16.5. The van der Waals surface area contributed by atoms with Crippen molar-refractivity contribution in [2.75, 3.05) is 19.5 Å². The fourth-order valence-corrected chi connectivity index (χ4v) is 2.59. The fraction of sp³-hybridized carbons (Fsp3) is 0.200. The number of aromatic nitrogens is 2. The van der Waals surface area contributed by atoms with Gasteiger partial charge in [-0.15, -0.1) is 0 Å². The molecule has 3 aromatic rings. The van der Waals surface area contributed by atoms with Crippen molar-refractivity contribution >= 4 is 5.82 Å². The minimum Gasteiger partial charge on any atom is -0.497 e. The van der Waals surface area contributed by atoms with Gasteiger partial charge in [-0.25, -0.2) is 9.97 Å². The number of nitrogens with zero attached hydrogens (tertiary/aromatic N) is 2. The Hall–Kier alpha value is -3.08. The first-order valence-electron chi connectivity index (χ1n) is 8.06. The van der Waals surface area contributed by atoms with E-state index in [0.29, 0.717) is 0 Å². The Bertz CT molecular complexity index is 852. The molecule has 0 bridgehead atoms. The Labute approximate surface area is 147 Å². The number of benzene rings is 2. The molecule has 0 aliphatic heterocycles. The lowest BCUT2D eigenvalue weighted by Gasteiger charge is -2.16. The summed E-state index contributed by atoms with van der Waals surface area (Å²) in [5.41, 5.74) is 2.95. The van der Waals surface area contributed by atoms with Gasteiger partial charge in [0.25, 0.3) is 0 Å². The quantitative estimate of drug-likeness (QED) is 0.726. The van der Waals surface area contributed by atoms with Crippen molar-refractivity contribution in [3.63, 3.8) is 0 Å². The molecule has 0 spiro atoms. The second-order valence-electron chi connectivity index (χ2n) is 5.66. The lowest BCUT2D eigenvalue weighted by Crippen LogP contribution is -2.08. The zero-order valence-electron chi connectivity index (χ0n) is 14.6. The summed E-state index contributed by atoms with van der Waals surface area (Å²) in [5.74, 6) is 2.41. The number of methoxy groups -OCH3 is 2. The fourth-order valence-electron chi connectivity index (χ4n) is 2.59. The van der Waals surface area contributed by atoms with E-state index in [1.807, 2.05) is 48.5 Å². The molecule has 5 heteroatoms. The van der Waals surface area contributed by atoms with E-state index in [0.717, 1.165) is 34.1 Å². The van der Waals surface area contributed by atoms with E-state index in [1.54, 1.807) is 20.5 Å². The molecule has 1 N–H and O–H groups in total. The molecule has 3 rings (SSSR count). The maximum Gasteiger partial charge on any atom is 0.130 e. The molecular weight excluding hydrogens is 314 g/mol. The average molecular weight is 335 g/mol. The van der Waals surface area contributed by atoms with E-state index >= 15 is 0 Å². The number of ether oxygens (including phenoxy) is 2. The second kappa shape index (κ2) is 7.66. The predicted octanol–water partition coefficient (Wildman–Crippen LogP) is 4.33. The molecule has 0 unspecified atom stereocenters. The van der Waals surface area contributed by atoms with E-state index in [-0.39, 0.29) is 6.04 Å². The summed E-state index contributed by atoms with van der Waals surface area (Å²) >= 11 is 0. The van der Waals surface area contributed by atoms with Crippen molar-refractivity contribution in [2.45, 2.75) is 13.0 Å². The van der Waals surface area contributed by atoms with Gasteiger partial charge in [0.15, 0.2) is 0 Å². The van der Waals surface area contributed by atoms with Gasteiger partial charge in [-0.1, -0.05) is 24.3 Å². The van der Waals surface area contributed by atoms with Crippen LogP contribution in [0.25, 0.3) is 11.3 Å². The van der Waals surface area contributed by atoms with Crippen LogP contribution in [0, 0.1) is 0 Å². The molecule has 1 heterocycles. The summed E-state index contributed by atoms with van der Waals surface area (Å²) in [6, 6.07) is 17.8.